The number of aryl methyl sites for hydroxylation is 1. The highest BCUT2D eigenvalue weighted by atomic mass is 16.1. The van der Waals surface area contributed by atoms with Gasteiger partial charge in [0.15, 0.2) is 0 Å². The van der Waals surface area contributed by atoms with Crippen molar-refractivity contribution >= 4 is 11.6 Å². The molecule has 1 atom stereocenters. The van der Waals surface area contributed by atoms with E-state index in [-0.39, 0.29) is 5.91 Å². The number of para-hydroxylation sites is 1. The Morgan fingerprint density at radius 2 is 2.11 bits per heavy atom. The lowest BCUT2D eigenvalue weighted by molar-refractivity contribution is -0.118. The van der Waals surface area contributed by atoms with Crippen molar-refractivity contribution in [2.45, 2.75) is 46.5 Å². The van der Waals surface area contributed by atoms with Crippen LogP contribution in [0.1, 0.15) is 50.7 Å². The van der Waals surface area contributed by atoms with Gasteiger partial charge in [0, 0.05) is 5.69 Å². The minimum absolute atomic E-state index is 0.194. The van der Waals surface area contributed by atoms with Crippen molar-refractivity contribution in [2.75, 3.05) is 5.32 Å². The molecule has 0 saturated carbocycles. The minimum Gasteiger partial charge on any atom is -0.324 e. The number of rotatable bonds is 5. The van der Waals surface area contributed by atoms with Crippen molar-refractivity contribution < 1.29 is 4.79 Å². The number of hydrogen-bond donors (Lipinski definition) is 1. The van der Waals surface area contributed by atoms with Crippen LogP contribution in [-0.2, 0) is 4.79 Å². The van der Waals surface area contributed by atoms with Crippen molar-refractivity contribution in [1.29, 1.82) is 5.26 Å². The van der Waals surface area contributed by atoms with Gasteiger partial charge in [0.1, 0.15) is 5.92 Å². The highest BCUT2D eigenvalue weighted by Crippen LogP contribution is 2.28. The zero-order chi connectivity index (χ0) is 14.4. The van der Waals surface area contributed by atoms with Gasteiger partial charge in [-0.2, -0.15) is 5.26 Å². The second-order valence-electron chi connectivity index (χ2n) is 5.15. The summed E-state index contributed by atoms with van der Waals surface area (Å²) in [5.74, 6) is -0.424. The van der Waals surface area contributed by atoms with E-state index in [0.29, 0.717) is 12.3 Å². The van der Waals surface area contributed by atoms with Crippen molar-refractivity contribution in [3.63, 3.8) is 0 Å². The van der Waals surface area contributed by atoms with Gasteiger partial charge in [-0.1, -0.05) is 45.4 Å². The Hall–Kier alpha value is -1.82. The number of nitrogens with one attached hydrogen (secondary N) is 1. The fourth-order valence-electron chi connectivity index (χ4n) is 2.10. The van der Waals surface area contributed by atoms with Gasteiger partial charge in [-0.3, -0.25) is 4.79 Å². The first-order valence-electron chi connectivity index (χ1n) is 6.81. The maximum Gasteiger partial charge on any atom is 0.241 e. The standard InChI is InChI=1S/C16H22N2O/c1-5-7-13(10-17)16(19)18-15-12(4)8-6-9-14(15)11(2)3/h6,8-9,11,13H,5,7H2,1-4H3,(H,18,19). The fraction of sp³-hybridized carbons (Fsp3) is 0.500. The van der Waals surface area contributed by atoms with Crippen LogP contribution in [0, 0.1) is 24.2 Å². The molecule has 0 saturated heterocycles. The van der Waals surface area contributed by atoms with Gasteiger partial charge < -0.3 is 5.32 Å². The van der Waals surface area contributed by atoms with E-state index in [1.807, 2.05) is 32.0 Å². The van der Waals surface area contributed by atoms with E-state index in [0.717, 1.165) is 23.2 Å². The highest BCUT2D eigenvalue weighted by molar-refractivity contribution is 5.95. The number of nitrogens with zero attached hydrogens (tertiary/aromatic N) is 1. The molecule has 0 radical (unpaired) electrons. The number of carbonyl (C=O) groups excluding carboxylic acids is 1. The maximum atomic E-state index is 12.1. The molecule has 1 unspecified atom stereocenters. The van der Waals surface area contributed by atoms with Crippen LogP contribution in [0.2, 0.25) is 0 Å². The Bertz CT molecular complexity index is 486. The molecular formula is C16H22N2O. The molecular weight excluding hydrogens is 236 g/mol. The molecule has 3 nitrogen and oxygen atoms in total. The molecule has 0 aliphatic carbocycles. The average molecular weight is 258 g/mol. The summed E-state index contributed by atoms with van der Waals surface area (Å²) in [6.45, 7) is 8.14. The van der Waals surface area contributed by atoms with Crippen LogP contribution in [-0.4, -0.2) is 5.91 Å². The van der Waals surface area contributed by atoms with E-state index in [9.17, 15) is 4.79 Å². The molecule has 1 N–H and O–H groups in total. The summed E-state index contributed by atoms with van der Waals surface area (Å²) in [7, 11) is 0. The van der Waals surface area contributed by atoms with Crippen molar-refractivity contribution in [2.24, 2.45) is 5.92 Å². The van der Waals surface area contributed by atoms with E-state index in [1.54, 1.807) is 0 Å². The third kappa shape index (κ3) is 3.82. The summed E-state index contributed by atoms with van der Waals surface area (Å²) in [6.07, 6.45) is 1.43. The van der Waals surface area contributed by atoms with Gasteiger partial charge in [-0.25, -0.2) is 0 Å². The second kappa shape index (κ2) is 6.94. The number of benzene rings is 1. The van der Waals surface area contributed by atoms with Crippen LogP contribution in [0.15, 0.2) is 18.2 Å². The Labute approximate surface area is 115 Å². The SMILES string of the molecule is CCCC(C#N)C(=O)Nc1c(C)cccc1C(C)C. The monoisotopic (exact) mass is 258 g/mol. The molecule has 19 heavy (non-hydrogen) atoms. The first-order valence-corrected chi connectivity index (χ1v) is 6.81. The highest BCUT2D eigenvalue weighted by Gasteiger charge is 2.19. The predicted molar refractivity (Wildman–Crippen MR) is 77.9 cm³/mol. The molecule has 1 amide bonds. The van der Waals surface area contributed by atoms with Gasteiger partial charge in [-0.15, -0.1) is 0 Å². The van der Waals surface area contributed by atoms with Crippen LogP contribution in [0.4, 0.5) is 5.69 Å². The van der Waals surface area contributed by atoms with E-state index >= 15 is 0 Å². The Morgan fingerprint density at radius 1 is 1.42 bits per heavy atom. The predicted octanol–water partition coefficient (Wildman–Crippen LogP) is 4.00. The summed E-state index contributed by atoms with van der Waals surface area (Å²) in [6, 6.07) is 8.07. The van der Waals surface area contributed by atoms with E-state index in [4.69, 9.17) is 5.26 Å². The molecule has 0 aliphatic rings. The van der Waals surface area contributed by atoms with Crippen LogP contribution < -0.4 is 5.32 Å². The molecule has 0 aromatic heterocycles. The van der Waals surface area contributed by atoms with Gasteiger partial charge in [0.2, 0.25) is 5.91 Å². The van der Waals surface area contributed by atoms with Gasteiger partial charge in [-0.05, 0) is 30.4 Å². The number of amides is 1. The van der Waals surface area contributed by atoms with Crippen LogP contribution >= 0.6 is 0 Å². The lowest BCUT2D eigenvalue weighted by Gasteiger charge is -2.17. The number of anilines is 1. The van der Waals surface area contributed by atoms with Gasteiger partial charge >= 0.3 is 0 Å². The summed E-state index contributed by atoms with van der Waals surface area (Å²) in [5, 5.41) is 12.0. The first kappa shape index (κ1) is 15.2. The van der Waals surface area contributed by atoms with Crippen molar-refractivity contribution in [1.82, 2.24) is 0 Å². The zero-order valence-corrected chi connectivity index (χ0v) is 12.2. The third-order valence-electron chi connectivity index (χ3n) is 3.22. The molecule has 0 fully saturated rings. The third-order valence-corrected chi connectivity index (χ3v) is 3.22. The van der Waals surface area contributed by atoms with Crippen molar-refractivity contribution in [3.8, 4) is 6.07 Å². The molecule has 0 spiro atoms. The number of carbonyl (C=O) groups is 1. The molecule has 1 aromatic rings. The van der Waals surface area contributed by atoms with Crippen LogP contribution in [0.25, 0.3) is 0 Å². The largest absolute Gasteiger partial charge is 0.324 e. The van der Waals surface area contributed by atoms with Crippen LogP contribution in [0.5, 0.6) is 0 Å². The molecule has 3 heteroatoms. The van der Waals surface area contributed by atoms with Crippen molar-refractivity contribution in [3.05, 3.63) is 29.3 Å². The fourth-order valence-corrected chi connectivity index (χ4v) is 2.10. The summed E-state index contributed by atoms with van der Waals surface area (Å²) in [4.78, 5) is 12.1. The van der Waals surface area contributed by atoms with E-state index in [2.05, 4.69) is 25.2 Å². The van der Waals surface area contributed by atoms with E-state index < -0.39 is 5.92 Å². The normalized spacial score (nSPS) is 12.0. The minimum atomic E-state index is -0.565. The first-order chi connectivity index (χ1) is 9.01. The molecule has 102 valence electrons. The quantitative estimate of drug-likeness (QED) is 0.868. The topological polar surface area (TPSA) is 52.9 Å². The zero-order valence-electron chi connectivity index (χ0n) is 12.2. The van der Waals surface area contributed by atoms with Gasteiger partial charge in [0.25, 0.3) is 0 Å². The summed E-state index contributed by atoms with van der Waals surface area (Å²) < 4.78 is 0. The second-order valence-corrected chi connectivity index (χ2v) is 5.15. The number of hydrogen-bond acceptors (Lipinski definition) is 2. The molecule has 0 bridgehead atoms. The van der Waals surface area contributed by atoms with Gasteiger partial charge in [0.05, 0.1) is 6.07 Å². The Balaban J connectivity index is 2.99. The summed E-state index contributed by atoms with van der Waals surface area (Å²) in [5.41, 5.74) is 3.01. The van der Waals surface area contributed by atoms with E-state index in [1.165, 1.54) is 0 Å². The summed E-state index contributed by atoms with van der Waals surface area (Å²) >= 11 is 0. The van der Waals surface area contributed by atoms with Crippen LogP contribution in [0.3, 0.4) is 0 Å². The molecule has 1 aromatic carbocycles. The lowest BCUT2D eigenvalue weighted by Crippen LogP contribution is -2.22. The molecule has 1 rings (SSSR count). The maximum absolute atomic E-state index is 12.1. The lowest BCUT2D eigenvalue weighted by atomic mass is 9.97. The Morgan fingerprint density at radius 3 is 2.63 bits per heavy atom. The number of nitriles is 1. The smallest absolute Gasteiger partial charge is 0.241 e. The Kier molecular flexibility index (Phi) is 5.57. The average Bonchev–Trinajstić information content (AvgIpc) is 2.37. The molecule has 0 aliphatic heterocycles. The molecule has 0 heterocycles.